The molecule has 2 atom stereocenters. The minimum atomic E-state index is -3.45. The van der Waals surface area contributed by atoms with Crippen molar-refractivity contribution in [1.29, 1.82) is 0 Å². The van der Waals surface area contributed by atoms with E-state index in [1.54, 1.807) is 25.3 Å². The minimum absolute atomic E-state index is 0.0520. The van der Waals surface area contributed by atoms with Crippen LogP contribution in [0.25, 0.3) is 0 Å². The van der Waals surface area contributed by atoms with Crippen LogP contribution in [0.15, 0.2) is 23.1 Å². The molecule has 0 radical (unpaired) electrons. The third-order valence-corrected chi connectivity index (χ3v) is 5.58. The van der Waals surface area contributed by atoms with E-state index in [1.165, 1.54) is 6.42 Å². The zero-order valence-corrected chi connectivity index (χ0v) is 13.2. The highest BCUT2D eigenvalue weighted by atomic mass is 32.2. The van der Waals surface area contributed by atoms with Crippen LogP contribution in [0, 0.1) is 12.8 Å². The fraction of sp³-hybridized carbons (Fsp3) is 0.600. The lowest BCUT2D eigenvalue weighted by molar-refractivity contribution is 0.310. The molecular weight excluding hydrogens is 274 g/mol. The maximum atomic E-state index is 12.4. The quantitative estimate of drug-likeness (QED) is 0.929. The molecule has 5 heteroatoms. The molecule has 0 amide bonds. The first-order valence-corrected chi connectivity index (χ1v) is 8.59. The number of benzene rings is 1. The Hall–Kier alpha value is -1.07. The highest BCUT2D eigenvalue weighted by Gasteiger charge is 2.26. The van der Waals surface area contributed by atoms with E-state index >= 15 is 0 Å². The predicted molar refractivity (Wildman–Crippen MR) is 79.5 cm³/mol. The molecule has 0 heterocycles. The molecule has 0 aromatic heterocycles. The summed E-state index contributed by atoms with van der Waals surface area (Å²) in [6, 6.07) is 5.01. The molecule has 2 rings (SSSR count). The molecule has 1 fully saturated rings. The number of nitrogens with one attached hydrogen (secondary N) is 1. The molecule has 0 aliphatic heterocycles. The average molecular weight is 297 g/mol. The van der Waals surface area contributed by atoms with Crippen molar-refractivity contribution in [1.82, 2.24) is 4.72 Å². The van der Waals surface area contributed by atoms with Crippen LogP contribution in [0.4, 0.5) is 0 Å². The van der Waals surface area contributed by atoms with Crippen molar-refractivity contribution in [2.75, 3.05) is 7.11 Å². The zero-order valence-electron chi connectivity index (χ0n) is 12.3. The number of hydrogen-bond acceptors (Lipinski definition) is 3. The van der Waals surface area contributed by atoms with Crippen LogP contribution in [0.5, 0.6) is 5.75 Å². The molecule has 1 N–H and O–H groups in total. The van der Waals surface area contributed by atoms with Crippen molar-refractivity contribution in [3.8, 4) is 5.75 Å². The highest BCUT2D eigenvalue weighted by Crippen LogP contribution is 2.26. The third-order valence-electron chi connectivity index (χ3n) is 4.09. The number of rotatable bonds is 4. The van der Waals surface area contributed by atoms with E-state index in [1.807, 2.05) is 6.92 Å². The summed E-state index contributed by atoms with van der Waals surface area (Å²) >= 11 is 0. The summed E-state index contributed by atoms with van der Waals surface area (Å²) in [6.07, 6.45) is 4.31. The molecule has 1 aromatic carbocycles. The fourth-order valence-electron chi connectivity index (χ4n) is 2.78. The second-order valence-electron chi connectivity index (χ2n) is 5.62. The second kappa shape index (κ2) is 6.14. The molecule has 0 bridgehead atoms. The topological polar surface area (TPSA) is 55.4 Å². The Morgan fingerprint density at radius 1 is 1.25 bits per heavy atom. The molecule has 20 heavy (non-hydrogen) atoms. The number of aryl methyl sites for hydroxylation is 1. The van der Waals surface area contributed by atoms with Gasteiger partial charge in [0.25, 0.3) is 0 Å². The van der Waals surface area contributed by atoms with Gasteiger partial charge >= 0.3 is 0 Å². The Labute approximate surface area is 121 Å². The molecule has 1 aromatic rings. The molecule has 1 aliphatic carbocycles. The lowest BCUT2D eigenvalue weighted by Gasteiger charge is -2.29. The molecule has 2 unspecified atom stereocenters. The highest BCUT2D eigenvalue weighted by molar-refractivity contribution is 7.89. The van der Waals surface area contributed by atoms with Crippen LogP contribution in [-0.4, -0.2) is 21.6 Å². The van der Waals surface area contributed by atoms with E-state index < -0.39 is 10.0 Å². The van der Waals surface area contributed by atoms with E-state index in [9.17, 15) is 8.42 Å². The summed E-state index contributed by atoms with van der Waals surface area (Å²) in [5.41, 5.74) is 0.826. The Balaban J connectivity index is 2.19. The molecular formula is C15H23NO3S. The van der Waals surface area contributed by atoms with Gasteiger partial charge in [0, 0.05) is 6.04 Å². The van der Waals surface area contributed by atoms with Gasteiger partial charge in [-0.05, 0) is 49.4 Å². The number of hydrogen-bond donors (Lipinski definition) is 1. The average Bonchev–Trinajstić information content (AvgIpc) is 2.41. The van der Waals surface area contributed by atoms with E-state index in [0.29, 0.717) is 16.6 Å². The van der Waals surface area contributed by atoms with Gasteiger partial charge in [-0.2, -0.15) is 0 Å². The van der Waals surface area contributed by atoms with Gasteiger partial charge in [0.1, 0.15) is 5.75 Å². The van der Waals surface area contributed by atoms with Gasteiger partial charge < -0.3 is 4.74 Å². The second-order valence-corrected chi connectivity index (χ2v) is 7.33. The van der Waals surface area contributed by atoms with Crippen molar-refractivity contribution < 1.29 is 13.2 Å². The van der Waals surface area contributed by atoms with Crippen LogP contribution in [-0.2, 0) is 10.0 Å². The summed E-state index contributed by atoms with van der Waals surface area (Å²) in [6.45, 7) is 3.96. The van der Waals surface area contributed by atoms with Gasteiger partial charge in [-0.3, -0.25) is 0 Å². The maximum Gasteiger partial charge on any atom is 0.240 e. The summed E-state index contributed by atoms with van der Waals surface area (Å²) in [7, 11) is -1.86. The van der Waals surface area contributed by atoms with Gasteiger partial charge in [-0.1, -0.05) is 19.8 Å². The Bertz CT molecular complexity index is 568. The molecule has 4 nitrogen and oxygen atoms in total. The van der Waals surface area contributed by atoms with Crippen LogP contribution in [0.2, 0.25) is 0 Å². The zero-order chi connectivity index (χ0) is 14.8. The van der Waals surface area contributed by atoms with E-state index in [4.69, 9.17) is 4.74 Å². The van der Waals surface area contributed by atoms with Crippen LogP contribution in [0.3, 0.4) is 0 Å². The summed E-state index contributed by atoms with van der Waals surface area (Å²) in [5, 5.41) is 0. The van der Waals surface area contributed by atoms with Crippen LogP contribution in [0.1, 0.15) is 38.2 Å². The van der Waals surface area contributed by atoms with Gasteiger partial charge in [-0.15, -0.1) is 0 Å². The van der Waals surface area contributed by atoms with E-state index in [2.05, 4.69) is 11.6 Å². The Morgan fingerprint density at radius 2 is 1.95 bits per heavy atom. The van der Waals surface area contributed by atoms with E-state index in [0.717, 1.165) is 24.8 Å². The SMILES string of the molecule is COc1ccc(S(=O)(=O)NC2CCCCC2C)cc1C. The Kier molecular flexibility index (Phi) is 4.70. The molecule has 1 aliphatic rings. The lowest BCUT2D eigenvalue weighted by Crippen LogP contribution is -2.40. The van der Waals surface area contributed by atoms with Crippen molar-refractivity contribution in [2.45, 2.75) is 50.5 Å². The largest absolute Gasteiger partial charge is 0.496 e. The standard InChI is InChI=1S/C15H23NO3S/c1-11-6-4-5-7-14(11)16-20(17,18)13-8-9-15(19-3)12(2)10-13/h8-11,14,16H,4-7H2,1-3H3. The van der Waals surface area contributed by atoms with Gasteiger partial charge in [0.15, 0.2) is 0 Å². The van der Waals surface area contributed by atoms with Crippen LogP contribution < -0.4 is 9.46 Å². The monoisotopic (exact) mass is 297 g/mol. The molecule has 0 saturated heterocycles. The number of methoxy groups -OCH3 is 1. The van der Waals surface area contributed by atoms with Gasteiger partial charge in [-0.25, -0.2) is 13.1 Å². The van der Waals surface area contributed by atoms with Crippen molar-refractivity contribution in [2.24, 2.45) is 5.92 Å². The number of ether oxygens (including phenoxy) is 1. The van der Waals surface area contributed by atoms with E-state index in [-0.39, 0.29) is 6.04 Å². The van der Waals surface area contributed by atoms with Crippen LogP contribution >= 0.6 is 0 Å². The normalized spacial score (nSPS) is 23.6. The summed E-state index contributed by atoms with van der Waals surface area (Å²) in [5.74, 6) is 1.10. The summed E-state index contributed by atoms with van der Waals surface area (Å²) < 4.78 is 32.9. The number of sulfonamides is 1. The third kappa shape index (κ3) is 3.33. The maximum absolute atomic E-state index is 12.4. The molecule has 112 valence electrons. The minimum Gasteiger partial charge on any atom is -0.496 e. The van der Waals surface area contributed by atoms with Gasteiger partial charge in [0.05, 0.1) is 12.0 Å². The van der Waals surface area contributed by atoms with Crippen molar-refractivity contribution >= 4 is 10.0 Å². The lowest BCUT2D eigenvalue weighted by atomic mass is 9.87. The first-order chi connectivity index (χ1) is 9.44. The molecule has 1 saturated carbocycles. The Morgan fingerprint density at radius 3 is 2.55 bits per heavy atom. The van der Waals surface area contributed by atoms with Crippen molar-refractivity contribution in [3.05, 3.63) is 23.8 Å². The predicted octanol–water partition coefficient (Wildman–Crippen LogP) is 2.86. The first-order valence-electron chi connectivity index (χ1n) is 7.11. The summed E-state index contributed by atoms with van der Waals surface area (Å²) in [4.78, 5) is 0.313. The smallest absolute Gasteiger partial charge is 0.240 e. The molecule has 0 spiro atoms. The first kappa shape index (κ1) is 15.3. The van der Waals surface area contributed by atoms with Crippen molar-refractivity contribution in [3.63, 3.8) is 0 Å². The fourth-order valence-corrected chi connectivity index (χ4v) is 4.24. The van der Waals surface area contributed by atoms with Gasteiger partial charge in [0.2, 0.25) is 10.0 Å².